The lowest BCUT2D eigenvalue weighted by atomic mass is 9.99. The SMILES string of the molecule is CCC=CC(NC(C)=O)C(C(=O)OCC)C(=O)OCC. The van der Waals surface area contributed by atoms with Gasteiger partial charge in [0, 0.05) is 6.92 Å². The number of allylic oxidation sites excluding steroid dienone is 1. The Morgan fingerprint density at radius 2 is 1.55 bits per heavy atom. The van der Waals surface area contributed by atoms with Gasteiger partial charge in [-0.2, -0.15) is 0 Å². The number of hydrogen-bond donors (Lipinski definition) is 1. The minimum Gasteiger partial charge on any atom is -0.465 e. The van der Waals surface area contributed by atoms with Gasteiger partial charge >= 0.3 is 11.9 Å². The van der Waals surface area contributed by atoms with Gasteiger partial charge in [0.15, 0.2) is 5.92 Å². The van der Waals surface area contributed by atoms with Crippen LogP contribution in [0.3, 0.4) is 0 Å². The standard InChI is InChI=1S/C14H23NO5/c1-5-8-9-11(15-10(4)16)12(13(17)19-6-2)14(18)20-7-3/h8-9,11-12H,5-7H2,1-4H3,(H,15,16). The van der Waals surface area contributed by atoms with Gasteiger partial charge in [-0.05, 0) is 20.3 Å². The lowest BCUT2D eigenvalue weighted by molar-refractivity contribution is -0.162. The Morgan fingerprint density at radius 3 is 1.90 bits per heavy atom. The van der Waals surface area contributed by atoms with Crippen molar-refractivity contribution in [1.29, 1.82) is 0 Å². The molecule has 0 aliphatic heterocycles. The summed E-state index contributed by atoms with van der Waals surface area (Å²) in [5.41, 5.74) is 0. The van der Waals surface area contributed by atoms with Crippen LogP contribution in [0.25, 0.3) is 0 Å². The minimum atomic E-state index is -1.19. The molecule has 1 N–H and O–H groups in total. The van der Waals surface area contributed by atoms with Gasteiger partial charge in [-0.15, -0.1) is 0 Å². The number of ether oxygens (including phenoxy) is 2. The first-order chi connectivity index (χ1) is 9.47. The van der Waals surface area contributed by atoms with E-state index >= 15 is 0 Å². The van der Waals surface area contributed by atoms with Gasteiger partial charge in [0.1, 0.15) is 0 Å². The van der Waals surface area contributed by atoms with Gasteiger partial charge in [-0.25, -0.2) is 0 Å². The van der Waals surface area contributed by atoms with Gasteiger partial charge in [0.05, 0.1) is 19.3 Å². The van der Waals surface area contributed by atoms with E-state index in [0.29, 0.717) is 6.42 Å². The molecule has 1 amide bonds. The normalized spacial score (nSPS) is 12.2. The minimum absolute atomic E-state index is 0.152. The molecule has 0 spiro atoms. The summed E-state index contributed by atoms with van der Waals surface area (Å²) in [6.45, 7) is 6.83. The van der Waals surface area contributed by atoms with Crippen LogP contribution in [0.4, 0.5) is 0 Å². The van der Waals surface area contributed by atoms with Gasteiger partial charge < -0.3 is 14.8 Å². The molecule has 6 nitrogen and oxygen atoms in total. The summed E-state index contributed by atoms with van der Waals surface area (Å²) in [6, 6.07) is -0.773. The van der Waals surface area contributed by atoms with Gasteiger partial charge in [0.2, 0.25) is 5.91 Å². The Hall–Kier alpha value is -1.85. The number of esters is 2. The zero-order chi connectivity index (χ0) is 15.5. The lowest BCUT2D eigenvalue weighted by Gasteiger charge is -2.22. The fourth-order valence-electron chi connectivity index (χ4n) is 1.61. The van der Waals surface area contributed by atoms with Crippen LogP contribution in [0, 0.1) is 5.92 Å². The van der Waals surface area contributed by atoms with Crippen LogP contribution in [0.1, 0.15) is 34.1 Å². The summed E-state index contributed by atoms with van der Waals surface area (Å²) in [5, 5.41) is 2.57. The third kappa shape index (κ3) is 6.36. The average molecular weight is 285 g/mol. The summed E-state index contributed by atoms with van der Waals surface area (Å²) in [6.07, 6.45) is 4.10. The molecule has 114 valence electrons. The van der Waals surface area contributed by atoms with Crippen LogP contribution < -0.4 is 5.32 Å². The summed E-state index contributed by atoms with van der Waals surface area (Å²) < 4.78 is 9.78. The Labute approximate surface area is 119 Å². The average Bonchev–Trinajstić information content (AvgIpc) is 2.36. The summed E-state index contributed by atoms with van der Waals surface area (Å²) >= 11 is 0. The third-order valence-electron chi connectivity index (χ3n) is 2.39. The first kappa shape index (κ1) is 18.1. The molecule has 0 radical (unpaired) electrons. The quantitative estimate of drug-likeness (QED) is 0.412. The highest BCUT2D eigenvalue weighted by Gasteiger charge is 2.36. The maximum atomic E-state index is 11.9. The van der Waals surface area contributed by atoms with E-state index in [1.165, 1.54) is 6.92 Å². The summed E-state index contributed by atoms with van der Waals surface area (Å²) in [5.74, 6) is -2.94. The molecule has 0 saturated heterocycles. The Morgan fingerprint density at radius 1 is 1.05 bits per heavy atom. The number of carbonyl (C=O) groups excluding carboxylic acids is 3. The molecular formula is C14H23NO5. The predicted molar refractivity (Wildman–Crippen MR) is 73.8 cm³/mol. The molecule has 6 heteroatoms. The second-order valence-electron chi connectivity index (χ2n) is 4.04. The first-order valence-corrected chi connectivity index (χ1v) is 6.74. The van der Waals surface area contributed by atoms with E-state index < -0.39 is 23.9 Å². The van der Waals surface area contributed by atoms with Crippen molar-refractivity contribution < 1.29 is 23.9 Å². The molecule has 0 bridgehead atoms. The van der Waals surface area contributed by atoms with Crippen LogP contribution in [-0.4, -0.2) is 37.1 Å². The lowest BCUT2D eigenvalue weighted by Crippen LogP contribution is -2.46. The van der Waals surface area contributed by atoms with Crippen LogP contribution in [0.5, 0.6) is 0 Å². The fraction of sp³-hybridized carbons (Fsp3) is 0.643. The summed E-state index contributed by atoms with van der Waals surface area (Å²) in [4.78, 5) is 35.1. The van der Waals surface area contributed by atoms with Crippen LogP contribution in [0.2, 0.25) is 0 Å². The maximum Gasteiger partial charge on any atom is 0.322 e. The second kappa shape index (κ2) is 10.00. The van der Waals surface area contributed by atoms with Crippen molar-refractivity contribution in [2.45, 2.75) is 40.2 Å². The topological polar surface area (TPSA) is 81.7 Å². The number of rotatable bonds is 8. The fourth-order valence-corrected chi connectivity index (χ4v) is 1.61. The van der Waals surface area contributed by atoms with E-state index in [0.717, 1.165) is 0 Å². The van der Waals surface area contributed by atoms with E-state index in [1.54, 1.807) is 26.0 Å². The molecule has 0 fully saturated rings. The molecule has 0 aliphatic rings. The molecule has 20 heavy (non-hydrogen) atoms. The molecule has 0 aromatic carbocycles. The van der Waals surface area contributed by atoms with Crippen molar-refractivity contribution in [2.75, 3.05) is 13.2 Å². The molecular weight excluding hydrogens is 262 g/mol. The number of amides is 1. The number of nitrogens with one attached hydrogen (secondary N) is 1. The predicted octanol–water partition coefficient (Wildman–Crippen LogP) is 1.20. The van der Waals surface area contributed by atoms with Gasteiger partial charge in [0.25, 0.3) is 0 Å². The second-order valence-corrected chi connectivity index (χ2v) is 4.04. The van der Waals surface area contributed by atoms with Crippen molar-refractivity contribution in [1.82, 2.24) is 5.32 Å². The largest absolute Gasteiger partial charge is 0.465 e. The van der Waals surface area contributed by atoms with E-state index in [4.69, 9.17) is 9.47 Å². The highest BCUT2D eigenvalue weighted by Crippen LogP contribution is 2.12. The van der Waals surface area contributed by atoms with Crippen molar-refractivity contribution >= 4 is 17.8 Å². The Kier molecular flexibility index (Phi) is 9.07. The highest BCUT2D eigenvalue weighted by molar-refractivity contribution is 5.96. The molecule has 0 aliphatic carbocycles. The molecule has 0 rings (SSSR count). The van der Waals surface area contributed by atoms with Crippen molar-refractivity contribution in [3.8, 4) is 0 Å². The zero-order valence-electron chi connectivity index (χ0n) is 12.5. The number of carbonyl (C=O) groups is 3. The van der Waals surface area contributed by atoms with Crippen LogP contribution >= 0.6 is 0 Å². The maximum absolute atomic E-state index is 11.9. The zero-order valence-corrected chi connectivity index (χ0v) is 12.5. The molecule has 0 aromatic rings. The van der Waals surface area contributed by atoms with E-state index in [1.807, 2.05) is 6.92 Å². The van der Waals surface area contributed by atoms with E-state index in [-0.39, 0.29) is 19.1 Å². The van der Waals surface area contributed by atoms with Crippen LogP contribution in [-0.2, 0) is 23.9 Å². The molecule has 1 unspecified atom stereocenters. The first-order valence-electron chi connectivity index (χ1n) is 6.74. The molecule has 0 saturated carbocycles. The van der Waals surface area contributed by atoms with Crippen molar-refractivity contribution in [3.63, 3.8) is 0 Å². The molecule has 0 heterocycles. The van der Waals surface area contributed by atoms with Gasteiger partial charge in [-0.3, -0.25) is 14.4 Å². The molecule has 1 atom stereocenters. The number of hydrogen-bond acceptors (Lipinski definition) is 5. The highest BCUT2D eigenvalue weighted by atomic mass is 16.6. The van der Waals surface area contributed by atoms with Crippen molar-refractivity contribution in [2.24, 2.45) is 5.92 Å². The third-order valence-corrected chi connectivity index (χ3v) is 2.39. The monoisotopic (exact) mass is 285 g/mol. The van der Waals surface area contributed by atoms with Crippen molar-refractivity contribution in [3.05, 3.63) is 12.2 Å². The van der Waals surface area contributed by atoms with E-state index in [2.05, 4.69) is 5.32 Å². The van der Waals surface area contributed by atoms with Gasteiger partial charge in [-0.1, -0.05) is 19.1 Å². The Bertz CT molecular complexity index is 347. The summed E-state index contributed by atoms with van der Waals surface area (Å²) in [7, 11) is 0. The molecule has 0 aromatic heterocycles. The van der Waals surface area contributed by atoms with Crippen LogP contribution in [0.15, 0.2) is 12.2 Å². The Balaban J connectivity index is 5.26. The van der Waals surface area contributed by atoms with E-state index in [9.17, 15) is 14.4 Å². The smallest absolute Gasteiger partial charge is 0.322 e.